The molecule has 1 aromatic carbocycles. The zero-order valence-electron chi connectivity index (χ0n) is 11.9. The van der Waals surface area contributed by atoms with Gasteiger partial charge in [0.1, 0.15) is 18.1 Å². The van der Waals surface area contributed by atoms with Crippen molar-refractivity contribution in [3.63, 3.8) is 0 Å². The number of hydrogen-bond acceptors (Lipinski definition) is 5. The summed E-state index contributed by atoms with van der Waals surface area (Å²) >= 11 is 9.35. The van der Waals surface area contributed by atoms with Crippen LogP contribution in [0.4, 0.5) is 0 Å². The molecule has 1 N–H and O–H groups in total. The topological polar surface area (TPSA) is 63.4 Å². The summed E-state index contributed by atoms with van der Waals surface area (Å²) < 4.78 is 8.50. The predicted molar refractivity (Wildman–Crippen MR) is 85.9 cm³/mol. The van der Waals surface area contributed by atoms with Gasteiger partial charge in [0.05, 0.1) is 23.3 Å². The Labute approximate surface area is 141 Å². The minimum absolute atomic E-state index is 0.0720. The van der Waals surface area contributed by atoms with Crippen molar-refractivity contribution in [2.24, 2.45) is 0 Å². The number of ether oxygens (including phenoxy) is 1. The van der Waals surface area contributed by atoms with Crippen molar-refractivity contribution < 1.29 is 9.84 Å². The number of aliphatic hydroxyl groups is 1. The van der Waals surface area contributed by atoms with Crippen LogP contribution in [0.15, 0.2) is 22.7 Å². The van der Waals surface area contributed by atoms with Crippen molar-refractivity contribution in [3.05, 3.63) is 39.1 Å². The molecule has 0 fully saturated rings. The summed E-state index contributed by atoms with van der Waals surface area (Å²) in [6, 6.07) is 5.47. The minimum atomic E-state index is -0.0720. The Kier molecular flexibility index (Phi) is 4.97. The third kappa shape index (κ3) is 3.43. The van der Waals surface area contributed by atoms with E-state index in [-0.39, 0.29) is 6.61 Å². The molecule has 2 aromatic rings. The van der Waals surface area contributed by atoms with Gasteiger partial charge in [-0.3, -0.25) is 4.90 Å². The van der Waals surface area contributed by atoms with Crippen molar-refractivity contribution in [3.8, 4) is 5.75 Å². The highest BCUT2D eigenvalue weighted by molar-refractivity contribution is 9.10. The third-order valence-corrected chi connectivity index (χ3v) is 4.48. The maximum absolute atomic E-state index is 9.27. The van der Waals surface area contributed by atoms with Crippen LogP contribution in [0.5, 0.6) is 5.75 Å². The zero-order chi connectivity index (χ0) is 15.5. The number of halogens is 2. The monoisotopic (exact) mass is 386 g/mol. The van der Waals surface area contributed by atoms with E-state index >= 15 is 0 Å². The number of benzene rings is 1. The van der Waals surface area contributed by atoms with E-state index in [0.29, 0.717) is 17.3 Å². The normalized spacial score (nSPS) is 14.9. The first-order valence-corrected chi connectivity index (χ1v) is 8.17. The molecule has 0 saturated carbocycles. The lowest BCUT2D eigenvalue weighted by molar-refractivity contribution is 0.170. The largest absolute Gasteiger partial charge is 0.491 e. The Morgan fingerprint density at radius 2 is 2.23 bits per heavy atom. The lowest BCUT2D eigenvalue weighted by Crippen LogP contribution is -2.36. The molecule has 1 aliphatic heterocycles. The predicted octanol–water partition coefficient (Wildman–Crippen LogP) is 2.08. The second-order valence-corrected chi connectivity index (χ2v) is 6.35. The maximum atomic E-state index is 9.27. The van der Waals surface area contributed by atoms with Crippen molar-refractivity contribution in [2.45, 2.75) is 19.7 Å². The molecule has 0 spiro atoms. The average Bonchev–Trinajstić information content (AvgIpc) is 2.92. The van der Waals surface area contributed by atoms with Crippen molar-refractivity contribution in [1.82, 2.24) is 19.9 Å². The van der Waals surface area contributed by atoms with Gasteiger partial charge in [0.2, 0.25) is 0 Å². The number of aromatic nitrogens is 3. The smallest absolute Gasteiger partial charge is 0.133 e. The van der Waals surface area contributed by atoms with Crippen LogP contribution in [-0.4, -0.2) is 44.7 Å². The van der Waals surface area contributed by atoms with Crippen molar-refractivity contribution in [1.29, 1.82) is 0 Å². The van der Waals surface area contributed by atoms with E-state index in [2.05, 4.69) is 31.1 Å². The first-order valence-electron chi connectivity index (χ1n) is 6.99. The van der Waals surface area contributed by atoms with E-state index in [1.807, 2.05) is 16.8 Å². The standard InChI is InChI=1S/C14H16BrClN4O2/c15-11-7-10(16)1-2-14(11)22-6-5-19-3-4-20-13(8-19)12(9-21)17-18-20/h1-2,7,21H,3-6,8-9H2. The molecule has 8 heteroatoms. The van der Waals surface area contributed by atoms with Gasteiger partial charge in [-0.2, -0.15) is 0 Å². The van der Waals surface area contributed by atoms with Crippen molar-refractivity contribution >= 4 is 27.5 Å². The highest BCUT2D eigenvalue weighted by Gasteiger charge is 2.21. The fourth-order valence-electron chi connectivity index (χ4n) is 2.44. The Balaban J connectivity index is 1.54. The van der Waals surface area contributed by atoms with Crippen LogP contribution in [-0.2, 0) is 19.7 Å². The molecule has 0 saturated heterocycles. The fraction of sp³-hybridized carbons (Fsp3) is 0.429. The summed E-state index contributed by atoms with van der Waals surface area (Å²) in [4.78, 5) is 2.27. The first kappa shape index (κ1) is 15.7. The van der Waals surface area contributed by atoms with Gasteiger partial charge in [0.15, 0.2) is 0 Å². The molecule has 1 aromatic heterocycles. The SMILES string of the molecule is OCc1nnn2c1CN(CCOc1ccc(Cl)cc1Br)CC2. The number of nitrogens with zero attached hydrogens (tertiary/aromatic N) is 4. The fourth-order valence-corrected chi connectivity index (χ4v) is 3.24. The highest BCUT2D eigenvalue weighted by Crippen LogP contribution is 2.28. The van der Waals surface area contributed by atoms with Gasteiger partial charge in [-0.25, -0.2) is 4.68 Å². The summed E-state index contributed by atoms with van der Waals surface area (Å²) in [7, 11) is 0. The highest BCUT2D eigenvalue weighted by atomic mass is 79.9. The van der Waals surface area contributed by atoms with E-state index in [9.17, 15) is 5.11 Å². The van der Waals surface area contributed by atoms with E-state index in [4.69, 9.17) is 16.3 Å². The first-order chi connectivity index (χ1) is 10.7. The van der Waals surface area contributed by atoms with E-state index in [1.54, 1.807) is 6.07 Å². The van der Waals surface area contributed by atoms with Crippen LogP contribution in [0.3, 0.4) is 0 Å². The lowest BCUT2D eigenvalue weighted by atomic mass is 10.2. The minimum Gasteiger partial charge on any atom is -0.491 e. The van der Waals surface area contributed by atoms with Gasteiger partial charge < -0.3 is 9.84 Å². The van der Waals surface area contributed by atoms with E-state index < -0.39 is 0 Å². The summed E-state index contributed by atoms with van der Waals surface area (Å²) in [6.07, 6.45) is 0. The molecule has 118 valence electrons. The van der Waals surface area contributed by atoms with Gasteiger partial charge in [-0.05, 0) is 34.1 Å². The molecule has 0 radical (unpaired) electrons. The molecule has 0 amide bonds. The second kappa shape index (κ2) is 6.95. The molecule has 0 atom stereocenters. The molecule has 2 heterocycles. The molecule has 22 heavy (non-hydrogen) atoms. The molecule has 0 bridgehead atoms. The van der Waals surface area contributed by atoms with Crippen LogP contribution >= 0.6 is 27.5 Å². The van der Waals surface area contributed by atoms with Gasteiger partial charge >= 0.3 is 0 Å². The summed E-state index contributed by atoms with van der Waals surface area (Å²) in [5.74, 6) is 0.782. The lowest BCUT2D eigenvalue weighted by Gasteiger charge is -2.27. The Hall–Kier alpha value is -1.15. The molecular weight excluding hydrogens is 372 g/mol. The molecule has 6 nitrogen and oxygen atoms in total. The average molecular weight is 388 g/mol. The Morgan fingerprint density at radius 3 is 3.00 bits per heavy atom. The third-order valence-electron chi connectivity index (χ3n) is 3.63. The van der Waals surface area contributed by atoms with Crippen LogP contribution in [0.1, 0.15) is 11.4 Å². The van der Waals surface area contributed by atoms with Gasteiger partial charge in [-0.15, -0.1) is 5.10 Å². The number of hydrogen-bond donors (Lipinski definition) is 1. The van der Waals surface area contributed by atoms with E-state index in [1.165, 1.54) is 0 Å². The van der Waals surface area contributed by atoms with Crippen LogP contribution in [0.25, 0.3) is 0 Å². The summed E-state index contributed by atoms with van der Waals surface area (Å²) in [6.45, 7) is 3.71. The number of fused-ring (bicyclic) bond motifs is 1. The molecule has 0 unspecified atom stereocenters. The van der Waals surface area contributed by atoms with Gasteiger partial charge in [0.25, 0.3) is 0 Å². The zero-order valence-corrected chi connectivity index (χ0v) is 14.2. The van der Waals surface area contributed by atoms with Gasteiger partial charge in [0, 0.05) is 24.7 Å². The summed E-state index contributed by atoms with van der Waals surface area (Å²) in [5.41, 5.74) is 1.65. The van der Waals surface area contributed by atoms with Crippen LogP contribution < -0.4 is 4.74 Å². The molecule has 0 aliphatic carbocycles. The maximum Gasteiger partial charge on any atom is 0.133 e. The Morgan fingerprint density at radius 1 is 1.36 bits per heavy atom. The summed E-state index contributed by atoms with van der Waals surface area (Å²) in [5, 5.41) is 18.0. The van der Waals surface area contributed by atoms with Crippen molar-refractivity contribution in [2.75, 3.05) is 19.7 Å². The Bertz CT molecular complexity index is 651. The number of rotatable bonds is 5. The molecule has 3 rings (SSSR count). The second-order valence-electron chi connectivity index (χ2n) is 5.06. The molecular formula is C14H16BrClN4O2. The van der Waals surface area contributed by atoms with E-state index in [0.717, 1.165) is 42.1 Å². The number of aliphatic hydroxyl groups excluding tert-OH is 1. The molecule has 1 aliphatic rings. The van der Waals surface area contributed by atoms with Gasteiger partial charge in [-0.1, -0.05) is 16.8 Å². The van der Waals surface area contributed by atoms with Crippen LogP contribution in [0, 0.1) is 0 Å². The van der Waals surface area contributed by atoms with Crippen LogP contribution in [0.2, 0.25) is 5.02 Å². The quantitative estimate of drug-likeness (QED) is 0.851.